The van der Waals surface area contributed by atoms with Crippen molar-refractivity contribution in [3.8, 4) is 0 Å². The summed E-state index contributed by atoms with van der Waals surface area (Å²) in [6, 6.07) is 8.26. The standard InChI is InChI=1S/C16H23BrN2O/c1-11-5-3-4-6-15(11)18-12(2)16(20)19-14-9-7-13(17)8-10-14/h7-12,15,18H,3-6H2,1-2H3,(H,19,20)/p+1/t11-,12-,15+/m0/s1. The molecule has 0 unspecified atom stereocenters. The Labute approximate surface area is 129 Å². The second-order valence-corrected chi connectivity index (χ2v) is 6.82. The summed E-state index contributed by atoms with van der Waals surface area (Å²) >= 11 is 3.39. The number of hydrogen-bond acceptors (Lipinski definition) is 1. The van der Waals surface area contributed by atoms with Crippen LogP contribution in [0.5, 0.6) is 0 Å². The minimum absolute atomic E-state index is 0.0378. The highest BCUT2D eigenvalue weighted by Crippen LogP contribution is 2.21. The van der Waals surface area contributed by atoms with E-state index in [1.807, 2.05) is 31.2 Å². The van der Waals surface area contributed by atoms with E-state index in [9.17, 15) is 4.79 Å². The molecular formula is C16H24BrN2O+. The molecule has 1 fully saturated rings. The third kappa shape index (κ3) is 4.32. The minimum atomic E-state index is -0.0378. The Balaban J connectivity index is 1.86. The van der Waals surface area contributed by atoms with E-state index in [1.165, 1.54) is 25.7 Å². The maximum atomic E-state index is 12.2. The molecule has 0 saturated heterocycles. The highest BCUT2D eigenvalue weighted by atomic mass is 79.9. The third-order valence-corrected chi connectivity index (χ3v) is 4.77. The molecule has 2 rings (SSSR count). The molecule has 3 nitrogen and oxygen atoms in total. The van der Waals surface area contributed by atoms with Crippen LogP contribution in [-0.2, 0) is 4.79 Å². The van der Waals surface area contributed by atoms with Gasteiger partial charge in [-0.2, -0.15) is 0 Å². The molecule has 0 aliphatic heterocycles. The van der Waals surface area contributed by atoms with E-state index in [2.05, 4.69) is 33.5 Å². The molecule has 4 heteroatoms. The number of carbonyl (C=O) groups is 1. The monoisotopic (exact) mass is 339 g/mol. The lowest BCUT2D eigenvalue weighted by Gasteiger charge is -2.28. The zero-order chi connectivity index (χ0) is 14.5. The number of nitrogens with two attached hydrogens (primary N) is 1. The van der Waals surface area contributed by atoms with Gasteiger partial charge in [-0.25, -0.2) is 0 Å². The maximum Gasteiger partial charge on any atom is 0.282 e. The van der Waals surface area contributed by atoms with Crippen molar-refractivity contribution in [2.45, 2.75) is 51.6 Å². The summed E-state index contributed by atoms with van der Waals surface area (Å²) in [6.07, 6.45) is 5.16. The smallest absolute Gasteiger partial charge is 0.282 e. The van der Waals surface area contributed by atoms with Crippen molar-refractivity contribution in [2.75, 3.05) is 5.32 Å². The first-order valence-corrected chi connectivity index (χ1v) is 8.27. The van der Waals surface area contributed by atoms with Gasteiger partial charge in [0.25, 0.3) is 5.91 Å². The third-order valence-electron chi connectivity index (χ3n) is 4.24. The molecule has 3 atom stereocenters. The van der Waals surface area contributed by atoms with Gasteiger partial charge in [-0.15, -0.1) is 0 Å². The lowest BCUT2D eigenvalue weighted by atomic mass is 9.85. The van der Waals surface area contributed by atoms with Crippen molar-refractivity contribution >= 4 is 27.5 Å². The quantitative estimate of drug-likeness (QED) is 0.870. The molecule has 1 saturated carbocycles. The van der Waals surface area contributed by atoms with Crippen LogP contribution in [0.2, 0.25) is 0 Å². The van der Waals surface area contributed by atoms with E-state index in [1.54, 1.807) is 0 Å². The summed E-state index contributed by atoms with van der Waals surface area (Å²) in [5, 5.41) is 5.23. The Bertz CT molecular complexity index is 446. The van der Waals surface area contributed by atoms with Crippen LogP contribution < -0.4 is 10.6 Å². The molecule has 0 bridgehead atoms. The van der Waals surface area contributed by atoms with Crippen LogP contribution in [0.25, 0.3) is 0 Å². The number of benzene rings is 1. The first-order chi connectivity index (χ1) is 9.56. The largest absolute Gasteiger partial charge is 0.334 e. The van der Waals surface area contributed by atoms with Gasteiger partial charge in [0.1, 0.15) is 0 Å². The Kier molecular flexibility index (Phi) is 5.61. The number of halogens is 1. The molecule has 0 heterocycles. The van der Waals surface area contributed by atoms with Crippen molar-refractivity contribution in [1.82, 2.24) is 0 Å². The summed E-state index contributed by atoms with van der Waals surface area (Å²) in [7, 11) is 0. The number of rotatable bonds is 4. The fourth-order valence-electron chi connectivity index (χ4n) is 2.88. The van der Waals surface area contributed by atoms with Crippen LogP contribution in [0.4, 0.5) is 5.69 Å². The molecule has 1 amide bonds. The van der Waals surface area contributed by atoms with E-state index < -0.39 is 0 Å². The lowest BCUT2D eigenvalue weighted by molar-refractivity contribution is -0.714. The number of nitrogens with one attached hydrogen (secondary N) is 1. The summed E-state index contributed by atoms with van der Waals surface area (Å²) in [6.45, 7) is 4.30. The molecule has 20 heavy (non-hydrogen) atoms. The topological polar surface area (TPSA) is 45.7 Å². The Morgan fingerprint density at radius 3 is 2.60 bits per heavy atom. The molecule has 110 valence electrons. The SMILES string of the molecule is C[C@H]([NH2+][C@@H]1CCCC[C@@H]1C)C(=O)Nc1ccc(Br)cc1. The van der Waals surface area contributed by atoms with Crippen LogP contribution in [0, 0.1) is 5.92 Å². The van der Waals surface area contributed by atoms with Crippen molar-refractivity contribution in [2.24, 2.45) is 5.92 Å². The summed E-state index contributed by atoms with van der Waals surface area (Å²) in [5.74, 6) is 0.803. The minimum Gasteiger partial charge on any atom is -0.334 e. The average molecular weight is 340 g/mol. The number of quaternary nitrogens is 1. The zero-order valence-electron chi connectivity index (χ0n) is 12.2. The van der Waals surface area contributed by atoms with E-state index in [4.69, 9.17) is 0 Å². The molecule has 3 N–H and O–H groups in total. The van der Waals surface area contributed by atoms with Crippen molar-refractivity contribution in [1.29, 1.82) is 0 Å². The van der Waals surface area contributed by atoms with Gasteiger partial charge >= 0.3 is 0 Å². The molecule has 1 aliphatic rings. The summed E-state index contributed by atoms with van der Waals surface area (Å²) in [5.41, 5.74) is 0.857. The highest BCUT2D eigenvalue weighted by molar-refractivity contribution is 9.10. The van der Waals surface area contributed by atoms with Crippen LogP contribution in [0.1, 0.15) is 39.5 Å². The lowest BCUT2D eigenvalue weighted by Crippen LogP contribution is -2.97. The maximum absolute atomic E-state index is 12.2. The molecule has 0 radical (unpaired) electrons. The normalized spacial score (nSPS) is 24.1. The molecule has 1 aromatic rings. The molecule has 1 aromatic carbocycles. The second-order valence-electron chi connectivity index (χ2n) is 5.90. The zero-order valence-corrected chi connectivity index (χ0v) is 13.8. The van der Waals surface area contributed by atoms with Gasteiger partial charge in [-0.3, -0.25) is 4.79 Å². The van der Waals surface area contributed by atoms with Gasteiger partial charge in [-0.1, -0.05) is 29.3 Å². The van der Waals surface area contributed by atoms with Crippen LogP contribution in [-0.4, -0.2) is 18.0 Å². The fourth-order valence-corrected chi connectivity index (χ4v) is 3.14. The number of amides is 1. The van der Waals surface area contributed by atoms with E-state index in [0.717, 1.165) is 10.2 Å². The Morgan fingerprint density at radius 2 is 1.95 bits per heavy atom. The Hall–Kier alpha value is -0.870. The van der Waals surface area contributed by atoms with Gasteiger partial charge in [0.15, 0.2) is 6.04 Å². The van der Waals surface area contributed by atoms with Crippen molar-refractivity contribution < 1.29 is 10.1 Å². The molecule has 1 aliphatic carbocycles. The van der Waals surface area contributed by atoms with Crippen molar-refractivity contribution in [3.05, 3.63) is 28.7 Å². The fraction of sp³-hybridized carbons (Fsp3) is 0.562. The summed E-state index contributed by atoms with van der Waals surface area (Å²) in [4.78, 5) is 12.2. The average Bonchev–Trinajstić information content (AvgIpc) is 2.44. The van der Waals surface area contributed by atoms with Crippen LogP contribution >= 0.6 is 15.9 Å². The highest BCUT2D eigenvalue weighted by Gasteiger charge is 2.28. The van der Waals surface area contributed by atoms with E-state index >= 15 is 0 Å². The van der Waals surface area contributed by atoms with Crippen LogP contribution in [0.15, 0.2) is 28.7 Å². The van der Waals surface area contributed by atoms with Gasteiger partial charge < -0.3 is 10.6 Å². The summed E-state index contributed by atoms with van der Waals surface area (Å²) < 4.78 is 1.02. The van der Waals surface area contributed by atoms with E-state index in [-0.39, 0.29) is 11.9 Å². The number of carbonyl (C=O) groups excluding carboxylic acids is 1. The second kappa shape index (κ2) is 7.23. The molecule has 0 aromatic heterocycles. The molecular weight excluding hydrogens is 316 g/mol. The van der Waals surface area contributed by atoms with Gasteiger partial charge in [0, 0.05) is 16.1 Å². The van der Waals surface area contributed by atoms with Crippen LogP contribution in [0.3, 0.4) is 0 Å². The first-order valence-electron chi connectivity index (χ1n) is 7.47. The first kappa shape index (κ1) is 15.5. The Morgan fingerprint density at radius 1 is 1.30 bits per heavy atom. The number of anilines is 1. The number of hydrogen-bond donors (Lipinski definition) is 2. The predicted molar refractivity (Wildman–Crippen MR) is 85.6 cm³/mol. The molecule has 0 spiro atoms. The van der Waals surface area contributed by atoms with E-state index in [0.29, 0.717) is 12.0 Å². The van der Waals surface area contributed by atoms with Gasteiger partial charge in [0.05, 0.1) is 6.04 Å². The predicted octanol–water partition coefficient (Wildman–Crippen LogP) is 2.92. The van der Waals surface area contributed by atoms with Gasteiger partial charge in [-0.05, 0) is 50.5 Å². The van der Waals surface area contributed by atoms with Gasteiger partial charge in [0.2, 0.25) is 0 Å². The van der Waals surface area contributed by atoms with Crippen molar-refractivity contribution in [3.63, 3.8) is 0 Å².